The van der Waals surface area contributed by atoms with Crippen LogP contribution in [0.25, 0.3) is 0 Å². The zero-order valence-electron chi connectivity index (χ0n) is 7.46. The fraction of sp³-hybridized carbons (Fsp3) is 1.00. The van der Waals surface area contributed by atoms with Gasteiger partial charge in [0, 0.05) is 25.2 Å². The molecule has 0 aromatic heterocycles. The monoisotopic (exact) mass is 142 g/mol. The molecule has 0 radical (unpaired) electrons. The van der Waals surface area contributed by atoms with E-state index in [1.54, 1.807) is 0 Å². The van der Waals surface area contributed by atoms with Crippen molar-refractivity contribution >= 4 is 0 Å². The SMILES string of the molecule is CC1[C@@H](C)N(C)CCN1C. The first kappa shape index (κ1) is 8.02. The molecule has 1 fully saturated rings. The molecule has 0 aromatic rings. The second-order valence-electron chi connectivity index (χ2n) is 3.44. The third kappa shape index (κ3) is 1.32. The van der Waals surface area contributed by atoms with Crippen LogP contribution in [0, 0.1) is 0 Å². The molecule has 0 bridgehead atoms. The third-order valence-corrected chi connectivity index (χ3v) is 2.89. The Morgan fingerprint density at radius 2 is 1.20 bits per heavy atom. The van der Waals surface area contributed by atoms with Crippen LogP contribution in [0.2, 0.25) is 0 Å². The number of piperazine rings is 1. The van der Waals surface area contributed by atoms with Gasteiger partial charge >= 0.3 is 0 Å². The summed E-state index contributed by atoms with van der Waals surface area (Å²) in [5.74, 6) is 0. The summed E-state index contributed by atoms with van der Waals surface area (Å²) >= 11 is 0. The molecule has 1 saturated heterocycles. The van der Waals surface area contributed by atoms with Gasteiger partial charge in [-0.25, -0.2) is 0 Å². The van der Waals surface area contributed by atoms with Gasteiger partial charge in [-0.05, 0) is 27.9 Å². The van der Waals surface area contributed by atoms with Crippen LogP contribution >= 0.6 is 0 Å². The Morgan fingerprint density at radius 3 is 1.50 bits per heavy atom. The number of rotatable bonds is 0. The minimum Gasteiger partial charge on any atom is -0.301 e. The topological polar surface area (TPSA) is 6.48 Å². The van der Waals surface area contributed by atoms with Crippen LogP contribution in [0.4, 0.5) is 0 Å². The summed E-state index contributed by atoms with van der Waals surface area (Å²) in [6, 6.07) is 1.41. The molecule has 0 aromatic carbocycles. The molecule has 0 spiro atoms. The van der Waals surface area contributed by atoms with E-state index in [1.807, 2.05) is 0 Å². The van der Waals surface area contributed by atoms with E-state index >= 15 is 0 Å². The quantitative estimate of drug-likeness (QED) is 0.490. The molecule has 1 unspecified atom stereocenters. The van der Waals surface area contributed by atoms with Crippen LogP contribution < -0.4 is 0 Å². The molecule has 10 heavy (non-hydrogen) atoms. The Balaban J connectivity index is 2.52. The second-order valence-corrected chi connectivity index (χ2v) is 3.44. The molecule has 1 aliphatic rings. The minimum absolute atomic E-state index is 0.707. The lowest BCUT2D eigenvalue weighted by Crippen LogP contribution is -2.54. The van der Waals surface area contributed by atoms with Gasteiger partial charge in [0.05, 0.1) is 0 Å². The van der Waals surface area contributed by atoms with E-state index in [4.69, 9.17) is 0 Å². The van der Waals surface area contributed by atoms with Crippen molar-refractivity contribution in [3.63, 3.8) is 0 Å². The zero-order chi connectivity index (χ0) is 7.72. The molecule has 1 heterocycles. The van der Waals surface area contributed by atoms with Crippen LogP contribution in [0.5, 0.6) is 0 Å². The maximum atomic E-state index is 2.42. The van der Waals surface area contributed by atoms with Crippen LogP contribution in [0.3, 0.4) is 0 Å². The Labute approximate surface area is 63.8 Å². The predicted molar refractivity (Wildman–Crippen MR) is 44.2 cm³/mol. The largest absolute Gasteiger partial charge is 0.301 e. The van der Waals surface area contributed by atoms with E-state index in [0.717, 1.165) is 0 Å². The Hall–Kier alpha value is -0.0800. The van der Waals surface area contributed by atoms with Gasteiger partial charge in [-0.2, -0.15) is 0 Å². The molecular weight excluding hydrogens is 124 g/mol. The summed E-state index contributed by atoms with van der Waals surface area (Å²) in [5, 5.41) is 0. The van der Waals surface area contributed by atoms with Gasteiger partial charge in [0.2, 0.25) is 0 Å². The molecule has 2 atom stereocenters. The van der Waals surface area contributed by atoms with Gasteiger partial charge in [0.1, 0.15) is 0 Å². The van der Waals surface area contributed by atoms with Crippen molar-refractivity contribution in [2.24, 2.45) is 0 Å². The normalized spacial score (nSPS) is 38.4. The van der Waals surface area contributed by atoms with Crippen molar-refractivity contribution in [3.05, 3.63) is 0 Å². The fourth-order valence-corrected chi connectivity index (χ4v) is 1.46. The predicted octanol–water partition coefficient (Wildman–Crippen LogP) is 0.641. The average Bonchev–Trinajstić information content (AvgIpc) is 1.93. The van der Waals surface area contributed by atoms with Crippen LogP contribution in [0.1, 0.15) is 13.8 Å². The van der Waals surface area contributed by atoms with Gasteiger partial charge in [-0.15, -0.1) is 0 Å². The van der Waals surface area contributed by atoms with E-state index in [0.29, 0.717) is 12.1 Å². The highest BCUT2D eigenvalue weighted by Gasteiger charge is 2.24. The first-order valence-corrected chi connectivity index (χ1v) is 4.03. The van der Waals surface area contributed by atoms with Crippen molar-refractivity contribution < 1.29 is 0 Å². The molecule has 0 N–H and O–H groups in total. The van der Waals surface area contributed by atoms with E-state index in [1.165, 1.54) is 13.1 Å². The maximum Gasteiger partial charge on any atom is 0.0218 e. The first-order chi connectivity index (χ1) is 4.63. The van der Waals surface area contributed by atoms with Crippen molar-refractivity contribution in [1.82, 2.24) is 9.80 Å². The van der Waals surface area contributed by atoms with Crippen molar-refractivity contribution in [1.29, 1.82) is 0 Å². The molecular formula is C8H18N2. The van der Waals surface area contributed by atoms with Crippen molar-refractivity contribution in [3.8, 4) is 0 Å². The molecule has 0 aliphatic carbocycles. The van der Waals surface area contributed by atoms with Crippen molar-refractivity contribution in [2.45, 2.75) is 25.9 Å². The van der Waals surface area contributed by atoms with Crippen LogP contribution in [-0.2, 0) is 0 Å². The standard InChI is InChI=1S/C8H18N2/c1-7-8(2)10(4)6-5-9(7)3/h7-8H,5-6H2,1-4H3/t7-,8?/m1/s1. The van der Waals surface area contributed by atoms with Gasteiger partial charge in [-0.3, -0.25) is 0 Å². The smallest absolute Gasteiger partial charge is 0.0218 e. The number of likely N-dealkylation sites (N-methyl/N-ethyl adjacent to an activating group) is 2. The lowest BCUT2D eigenvalue weighted by atomic mass is 10.1. The van der Waals surface area contributed by atoms with E-state index in [9.17, 15) is 0 Å². The molecule has 2 heteroatoms. The number of hydrogen-bond acceptors (Lipinski definition) is 2. The lowest BCUT2D eigenvalue weighted by Gasteiger charge is -2.41. The van der Waals surface area contributed by atoms with Gasteiger partial charge in [-0.1, -0.05) is 0 Å². The lowest BCUT2D eigenvalue weighted by molar-refractivity contribution is 0.0722. The fourth-order valence-electron chi connectivity index (χ4n) is 1.46. The van der Waals surface area contributed by atoms with E-state index in [-0.39, 0.29) is 0 Å². The highest BCUT2D eigenvalue weighted by atomic mass is 15.3. The third-order valence-electron chi connectivity index (χ3n) is 2.89. The van der Waals surface area contributed by atoms with Gasteiger partial charge in [0.15, 0.2) is 0 Å². The highest BCUT2D eigenvalue weighted by Crippen LogP contribution is 2.12. The maximum absolute atomic E-state index is 2.42. The van der Waals surface area contributed by atoms with Gasteiger partial charge in [0.25, 0.3) is 0 Å². The Kier molecular flexibility index (Phi) is 2.32. The van der Waals surface area contributed by atoms with Gasteiger partial charge < -0.3 is 9.80 Å². The number of hydrogen-bond donors (Lipinski definition) is 0. The summed E-state index contributed by atoms with van der Waals surface area (Å²) in [7, 11) is 4.41. The van der Waals surface area contributed by atoms with Crippen LogP contribution in [-0.4, -0.2) is 49.1 Å². The molecule has 1 rings (SSSR count). The summed E-state index contributed by atoms with van der Waals surface area (Å²) in [4.78, 5) is 4.84. The Bertz CT molecular complexity index is 99.8. The molecule has 0 saturated carbocycles. The summed E-state index contributed by atoms with van der Waals surface area (Å²) < 4.78 is 0. The minimum atomic E-state index is 0.707. The highest BCUT2D eigenvalue weighted by molar-refractivity contribution is 4.82. The first-order valence-electron chi connectivity index (χ1n) is 4.03. The average molecular weight is 142 g/mol. The molecule has 1 aliphatic heterocycles. The Morgan fingerprint density at radius 1 is 0.900 bits per heavy atom. The van der Waals surface area contributed by atoms with Crippen LogP contribution in [0.15, 0.2) is 0 Å². The van der Waals surface area contributed by atoms with E-state index in [2.05, 4.69) is 37.7 Å². The van der Waals surface area contributed by atoms with E-state index < -0.39 is 0 Å². The summed E-state index contributed by atoms with van der Waals surface area (Å²) in [5.41, 5.74) is 0. The summed E-state index contributed by atoms with van der Waals surface area (Å²) in [6.45, 7) is 7.00. The molecule has 2 nitrogen and oxygen atoms in total. The second kappa shape index (κ2) is 2.89. The number of nitrogens with zero attached hydrogens (tertiary/aromatic N) is 2. The summed E-state index contributed by atoms with van der Waals surface area (Å²) in [6.07, 6.45) is 0. The zero-order valence-corrected chi connectivity index (χ0v) is 7.46. The van der Waals surface area contributed by atoms with Crippen molar-refractivity contribution in [2.75, 3.05) is 27.2 Å². The molecule has 0 amide bonds. The molecule has 60 valence electrons.